The molecule has 0 saturated carbocycles. The van der Waals surface area contributed by atoms with Crippen LogP contribution in [0, 0.1) is 0 Å². The van der Waals surface area contributed by atoms with Gasteiger partial charge in [-0.25, -0.2) is 4.79 Å². The quantitative estimate of drug-likeness (QED) is 0.422. The predicted octanol–water partition coefficient (Wildman–Crippen LogP) is 5.87. The second-order valence-corrected chi connectivity index (χ2v) is 6.81. The SMILES string of the molecule is CCOC(=O)c1ccc(-c2nnc(Nc3cccc(Cl)c3)c3ccccc23)cc1. The van der Waals surface area contributed by atoms with E-state index in [1.807, 2.05) is 60.7 Å². The maximum absolute atomic E-state index is 11.9. The van der Waals surface area contributed by atoms with E-state index in [2.05, 4.69) is 15.5 Å². The first-order chi connectivity index (χ1) is 14.2. The Morgan fingerprint density at radius 3 is 2.45 bits per heavy atom. The van der Waals surface area contributed by atoms with E-state index in [1.165, 1.54) is 0 Å². The molecule has 6 heteroatoms. The second kappa shape index (κ2) is 8.29. The zero-order valence-electron chi connectivity index (χ0n) is 15.7. The Morgan fingerprint density at radius 1 is 0.966 bits per heavy atom. The first-order valence-electron chi connectivity index (χ1n) is 9.21. The van der Waals surface area contributed by atoms with E-state index in [4.69, 9.17) is 16.3 Å². The Kier molecular flexibility index (Phi) is 5.40. The van der Waals surface area contributed by atoms with Crippen molar-refractivity contribution in [1.82, 2.24) is 10.2 Å². The molecule has 4 aromatic rings. The maximum atomic E-state index is 11.9. The van der Waals surface area contributed by atoms with Gasteiger partial charge >= 0.3 is 5.97 Å². The molecule has 1 N–H and O–H groups in total. The number of hydrogen-bond donors (Lipinski definition) is 1. The van der Waals surface area contributed by atoms with Crippen LogP contribution in [0.25, 0.3) is 22.0 Å². The predicted molar refractivity (Wildman–Crippen MR) is 116 cm³/mol. The highest BCUT2D eigenvalue weighted by atomic mass is 35.5. The van der Waals surface area contributed by atoms with Crippen molar-refractivity contribution >= 4 is 39.8 Å². The number of aromatic nitrogens is 2. The van der Waals surface area contributed by atoms with Crippen LogP contribution in [-0.4, -0.2) is 22.8 Å². The lowest BCUT2D eigenvalue weighted by Crippen LogP contribution is -2.04. The van der Waals surface area contributed by atoms with Crippen LogP contribution in [0.15, 0.2) is 72.8 Å². The molecule has 0 radical (unpaired) electrons. The van der Waals surface area contributed by atoms with Crippen molar-refractivity contribution in [3.05, 3.63) is 83.4 Å². The smallest absolute Gasteiger partial charge is 0.338 e. The summed E-state index contributed by atoms with van der Waals surface area (Å²) in [6.45, 7) is 2.13. The minimum Gasteiger partial charge on any atom is -0.462 e. The number of halogens is 1. The molecule has 144 valence electrons. The molecule has 4 rings (SSSR count). The number of fused-ring (bicyclic) bond motifs is 1. The first kappa shape index (κ1) is 18.9. The molecule has 29 heavy (non-hydrogen) atoms. The molecule has 0 bridgehead atoms. The maximum Gasteiger partial charge on any atom is 0.338 e. The molecule has 0 fully saturated rings. The largest absolute Gasteiger partial charge is 0.462 e. The van der Waals surface area contributed by atoms with E-state index in [0.717, 1.165) is 27.7 Å². The molecule has 0 aliphatic carbocycles. The van der Waals surface area contributed by atoms with Crippen molar-refractivity contribution in [3.8, 4) is 11.3 Å². The van der Waals surface area contributed by atoms with Crippen molar-refractivity contribution in [3.63, 3.8) is 0 Å². The number of rotatable bonds is 5. The fourth-order valence-corrected chi connectivity index (χ4v) is 3.28. The number of anilines is 2. The van der Waals surface area contributed by atoms with E-state index in [-0.39, 0.29) is 5.97 Å². The van der Waals surface area contributed by atoms with Gasteiger partial charge in [0.05, 0.1) is 12.2 Å². The monoisotopic (exact) mass is 403 g/mol. The lowest BCUT2D eigenvalue weighted by atomic mass is 10.0. The number of ether oxygens (including phenoxy) is 1. The zero-order chi connectivity index (χ0) is 20.2. The topological polar surface area (TPSA) is 64.1 Å². The Hall–Kier alpha value is -3.44. The summed E-state index contributed by atoms with van der Waals surface area (Å²) in [6, 6.07) is 22.5. The van der Waals surface area contributed by atoms with Gasteiger partial charge in [-0.05, 0) is 37.3 Å². The molecule has 1 aromatic heterocycles. The molecular formula is C23H18ClN3O2. The number of nitrogens with one attached hydrogen (secondary N) is 1. The highest BCUT2D eigenvalue weighted by Crippen LogP contribution is 2.31. The minimum atomic E-state index is -0.337. The number of carbonyl (C=O) groups excluding carboxylic acids is 1. The molecule has 0 amide bonds. The van der Waals surface area contributed by atoms with Crippen molar-refractivity contribution in [2.45, 2.75) is 6.92 Å². The number of benzene rings is 3. The van der Waals surface area contributed by atoms with Crippen molar-refractivity contribution in [2.75, 3.05) is 11.9 Å². The third kappa shape index (κ3) is 4.05. The summed E-state index contributed by atoms with van der Waals surface area (Å²) in [7, 11) is 0. The van der Waals surface area contributed by atoms with Crippen LogP contribution >= 0.6 is 11.6 Å². The number of hydrogen-bond acceptors (Lipinski definition) is 5. The summed E-state index contributed by atoms with van der Waals surface area (Å²) in [5, 5.41) is 14.7. The standard InChI is InChI=1S/C23H18ClN3O2/c1-2-29-23(28)16-12-10-15(11-13-16)21-19-8-3-4-9-20(19)22(27-26-21)25-18-7-5-6-17(24)14-18/h3-14H,2H2,1H3,(H,25,27). The summed E-state index contributed by atoms with van der Waals surface area (Å²) in [4.78, 5) is 11.9. The molecule has 0 aliphatic rings. The van der Waals surface area contributed by atoms with Crippen LogP contribution in [0.3, 0.4) is 0 Å². The lowest BCUT2D eigenvalue weighted by molar-refractivity contribution is 0.0526. The Bertz CT molecular complexity index is 1180. The van der Waals surface area contributed by atoms with Crippen LogP contribution in [0.2, 0.25) is 5.02 Å². The normalized spacial score (nSPS) is 10.7. The summed E-state index contributed by atoms with van der Waals surface area (Å²) >= 11 is 6.08. The van der Waals surface area contributed by atoms with Gasteiger partial charge in [0, 0.05) is 27.0 Å². The van der Waals surface area contributed by atoms with Crippen LogP contribution in [0.4, 0.5) is 11.5 Å². The fraction of sp³-hybridized carbons (Fsp3) is 0.0870. The molecule has 0 aliphatic heterocycles. The Morgan fingerprint density at radius 2 is 1.72 bits per heavy atom. The zero-order valence-corrected chi connectivity index (χ0v) is 16.5. The molecule has 5 nitrogen and oxygen atoms in total. The number of carbonyl (C=O) groups is 1. The van der Waals surface area contributed by atoms with E-state index in [0.29, 0.717) is 23.0 Å². The van der Waals surface area contributed by atoms with Gasteiger partial charge in [0.1, 0.15) is 5.69 Å². The minimum absolute atomic E-state index is 0.337. The summed E-state index contributed by atoms with van der Waals surface area (Å²) < 4.78 is 5.04. The molecule has 0 atom stereocenters. The second-order valence-electron chi connectivity index (χ2n) is 6.38. The van der Waals surface area contributed by atoms with E-state index >= 15 is 0 Å². The van der Waals surface area contributed by atoms with Crippen molar-refractivity contribution in [2.24, 2.45) is 0 Å². The fourth-order valence-electron chi connectivity index (χ4n) is 3.09. The summed E-state index contributed by atoms with van der Waals surface area (Å²) in [5.41, 5.74) is 2.96. The van der Waals surface area contributed by atoms with Gasteiger partial charge in [-0.15, -0.1) is 10.2 Å². The molecule has 0 unspecified atom stereocenters. The van der Waals surface area contributed by atoms with Crippen LogP contribution in [-0.2, 0) is 4.74 Å². The van der Waals surface area contributed by atoms with Gasteiger partial charge in [-0.3, -0.25) is 0 Å². The van der Waals surface area contributed by atoms with Crippen LogP contribution < -0.4 is 5.32 Å². The molecule has 0 saturated heterocycles. The number of esters is 1. The molecule has 3 aromatic carbocycles. The third-order valence-electron chi connectivity index (χ3n) is 4.44. The van der Waals surface area contributed by atoms with Gasteiger partial charge in [0.25, 0.3) is 0 Å². The highest BCUT2D eigenvalue weighted by Gasteiger charge is 2.12. The van der Waals surface area contributed by atoms with Crippen LogP contribution in [0.5, 0.6) is 0 Å². The van der Waals surface area contributed by atoms with Crippen LogP contribution in [0.1, 0.15) is 17.3 Å². The molecule has 1 heterocycles. The highest BCUT2D eigenvalue weighted by molar-refractivity contribution is 6.30. The average molecular weight is 404 g/mol. The Labute approximate surface area is 173 Å². The number of nitrogens with zero attached hydrogens (tertiary/aromatic N) is 2. The van der Waals surface area contributed by atoms with Gasteiger partial charge < -0.3 is 10.1 Å². The van der Waals surface area contributed by atoms with Gasteiger partial charge in [-0.1, -0.05) is 54.1 Å². The van der Waals surface area contributed by atoms with E-state index in [1.54, 1.807) is 19.1 Å². The lowest BCUT2D eigenvalue weighted by Gasteiger charge is -2.11. The summed E-state index contributed by atoms with van der Waals surface area (Å²) in [5.74, 6) is 0.311. The first-order valence-corrected chi connectivity index (χ1v) is 9.59. The van der Waals surface area contributed by atoms with Crippen molar-refractivity contribution in [1.29, 1.82) is 0 Å². The van der Waals surface area contributed by atoms with E-state index in [9.17, 15) is 4.79 Å². The van der Waals surface area contributed by atoms with Gasteiger partial charge in [0.2, 0.25) is 0 Å². The third-order valence-corrected chi connectivity index (χ3v) is 4.68. The summed E-state index contributed by atoms with van der Waals surface area (Å²) in [6.07, 6.45) is 0. The van der Waals surface area contributed by atoms with Gasteiger partial charge in [-0.2, -0.15) is 0 Å². The molecular weight excluding hydrogens is 386 g/mol. The Balaban J connectivity index is 1.72. The van der Waals surface area contributed by atoms with E-state index < -0.39 is 0 Å². The molecule has 0 spiro atoms. The average Bonchev–Trinajstić information content (AvgIpc) is 2.74. The van der Waals surface area contributed by atoms with Gasteiger partial charge in [0.15, 0.2) is 5.82 Å². The van der Waals surface area contributed by atoms with Crippen molar-refractivity contribution < 1.29 is 9.53 Å².